The van der Waals surface area contributed by atoms with Crippen LogP contribution in [0.3, 0.4) is 0 Å². The Morgan fingerprint density at radius 3 is 2.29 bits per heavy atom. The van der Waals surface area contributed by atoms with E-state index in [1.54, 1.807) is 27.7 Å². The third-order valence-electron chi connectivity index (χ3n) is 3.77. The van der Waals surface area contributed by atoms with Crippen LogP contribution in [0.25, 0.3) is 0 Å². The van der Waals surface area contributed by atoms with Gasteiger partial charge in [-0.15, -0.1) is 0 Å². The molecule has 0 spiro atoms. The lowest BCUT2D eigenvalue weighted by Crippen LogP contribution is -2.40. The van der Waals surface area contributed by atoms with Crippen molar-refractivity contribution in [3.8, 4) is 11.8 Å². The molecule has 0 saturated heterocycles. The Balaban J connectivity index is 2.75. The van der Waals surface area contributed by atoms with Crippen molar-refractivity contribution in [1.82, 2.24) is 9.62 Å². The first kappa shape index (κ1) is 25.9. The van der Waals surface area contributed by atoms with Crippen LogP contribution in [0, 0.1) is 22.0 Å². The van der Waals surface area contributed by atoms with E-state index in [4.69, 9.17) is 9.84 Å². The van der Waals surface area contributed by atoms with Crippen LogP contribution in [0.15, 0.2) is 29.2 Å². The molecular formula is C19H25N3O8S. The lowest BCUT2D eigenvalue weighted by Gasteiger charge is -2.23. The molecule has 2 amide bonds. The van der Waals surface area contributed by atoms with Gasteiger partial charge in [-0.25, -0.2) is 22.9 Å². The van der Waals surface area contributed by atoms with Gasteiger partial charge in [-0.2, -0.15) is 4.72 Å². The van der Waals surface area contributed by atoms with Crippen molar-refractivity contribution in [3.05, 3.63) is 39.9 Å². The molecule has 11 nitrogen and oxygen atoms in total. The molecule has 0 aromatic heterocycles. The third-order valence-corrected chi connectivity index (χ3v) is 5.19. The Hall–Kier alpha value is -3.17. The van der Waals surface area contributed by atoms with E-state index in [1.807, 2.05) is 0 Å². The zero-order valence-corrected chi connectivity index (χ0v) is 18.4. The van der Waals surface area contributed by atoms with Gasteiger partial charge in [0.05, 0.1) is 18.0 Å². The average Bonchev–Trinajstić information content (AvgIpc) is 2.63. The maximum atomic E-state index is 12.3. The molecule has 0 fully saturated rings. The number of carbonyl (C=O) groups excluding carboxylic acids is 1. The number of hydrogen-bond donors (Lipinski definition) is 2. The zero-order chi connectivity index (χ0) is 23.8. The first-order chi connectivity index (χ1) is 14.3. The highest BCUT2D eigenvalue weighted by atomic mass is 32.2. The van der Waals surface area contributed by atoms with Crippen LogP contribution in [0.5, 0.6) is 0 Å². The molecule has 0 saturated carbocycles. The second-order valence-corrected chi connectivity index (χ2v) is 9.07. The Morgan fingerprint density at radius 2 is 1.84 bits per heavy atom. The summed E-state index contributed by atoms with van der Waals surface area (Å²) < 4.78 is 31.8. The molecule has 0 radical (unpaired) electrons. The summed E-state index contributed by atoms with van der Waals surface area (Å²) in [5.41, 5.74) is -0.498. The molecular weight excluding hydrogens is 430 g/mol. The van der Waals surface area contributed by atoms with E-state index in [9.17, 15) is 28.1 Å². The topological polar surface area (TPSA) is 156 Å². The van der Waals surface area contributed by atoms with Crippen molar-refractivity contribution >= 4 is 22.2 Å². The molecule has 0 aliphatic carbocycles. The van der Waals surface area contributed by atoms with Crippen molar-refractivity contribution in [2.75, 3.05) is 13.1 Å². The van der Waals surface area contributed by atoms with Gasteiger partial charge >= 0.3 is 12.2 Å². The molecule has 0 heterocycles. The molecule has 12 heteroatoms. The number of rotatable bonds is 7. The summed E-state index contributed by atoms with van der Waals surface area (Å²) in [6.07, 6.45) is -2.37. The number of nitrogens with one attached hydrogen (secondary N) is 1. The number of benzene rings is 1. The van der Waals surface area contributed by atoms with Gasteiger partial charge in [0.2, 0.25) is 16.1 Å². The molecule has 1 atom stereocenters. The number of amides is 2. The van der Waals surface area contributed by atoms with Gasteiger partial charge in [0.1, 0.15) is 5.60 Å². The minimum absolute atomic E-state index is 0.0998. The summed E-state index contributed by atoms with van der Waals surface area (Å²) in [6.45, 7) is 5.57. The molecule has 1 aromatic carbocycles. The molecule has 170 valence electrons. The van der Waals surface area contributed by atoms with E-state index in [0.29, 0.717) is 10.5 Å². The molecule has 31 heavy (non-hydrogen) atoms. The normalized spacial score (nSPS) is 12.3. The number of sulfonamides is 1. The van der Waals surface area contributed by atoms with Crippen molar-refractivity contribution in [2.24, 2.45) is 0 Å². The molecule has 0 aliphatic rings. The van der Waals surface area contributed by atoms with Crippen molar-refractivity contribution in [2.45, 2.75) is 50.7 Å². The number of nitrogens with zero attached hydrogens (tertiary/aromatic N) is 2. The van der Waals surface area contributed by atoms with Crippen LogP contribution >= 0.6 is 0 Å². The predicted octanol–water partition coefficient (Wildman–Crippen LogP) is 2.61. The van der Waals surface area contributed by atoms with Crippen LogP contribution < -0.4 is 4.72 Å². The highest BCUT2D eigenvalue weighted by Gasteiger charge is 2.26. The summed E-state index contributed by atoms with van der Waals surface area (Å²) in [7, 11) is -3.93. The Morgan fingerprint density at radius 1 is 1.26 bits per heavy atom. The van der Waals surface area contributed by atoms with Gasteiger partial charge in [-0.3, -0.25) is 10.1 Å². The molecule has 1 aromatic rings. The second-order valence-electron chi connectivity index (χ2n) is 7.31. The monoisotopic (exact) mass is 455 g/mol. The van der Waals surface area contributed by atoms with Gasteiger partial charge in [0, 0.05) is 16.9 Å². The van der Waals surface area contributed by atoms with Crippen LogP contribution in [0.4, 0.5) is 9.59 Å². The van der Waals surface area contributed by atoms with Gasteiger partial charge in [-0.05, 0) is 32.9 Å². The Bertz CT molecular complexity index is 972. The highest BCUT2D eigenvalue weighted by molar-refractivity contribution is 7.89. The van der Waals surface area contributed by atoms with Crippen LogP contribution in [-0.4, -0.2) is 54.2 Å². The summed E-state index contributed by atoms with van der Waals surface area (Å²) in [5.74, 6) is 4.82. The van der Waals surface area contributed by atoms with Gasteiger partial charge < -0.3 is 9.84 Å². The summed E-state index contributed by atoms with van der Waals surface area (Å²) in [6, 6.07) is 4.35. The molecule has 0 aliphatic heterocycles. The third kappa shape index (κ3) is 8.23. The number of nitro groups is 1. The lowest BCUT2D eigenvalue weighted by atomic mass is 10.1. The fourth-order valence-electron chi connectivity index (χ4n) is 2.31. The quantitative estimate of drug-likeness (QED) is 0.361. The average molecular weight is 455 g/mol. The maximum absolute atomic E-state index is 12.3. The summed E-state index contributed by atoms with van der Waals surface area (Å²) >= 11 is 0. The zero-order valence-electron chi connectivity index (χ0n) is 17.6. The number of carboxylic acid groups (broad SMARTS) is 1. The molecule has 0 bridgehead atoms. The van der Waals surface area contributed by atoms with E-state index < -0.39 is 45.3 Å². The summed E-state index contributed by atoms with van der Waals surface area (Å²) in [5, 5.41) is 20.1. The number of imide groups is 1. The number of carbonyl (C=O) groups is 2. The van der Waals surface area contributed by atoms with Crippen molar-refractivity contribution in [3.63, 3.8) is 0 Å². The number of ether oxygens (including phenoxy) is 1. The smallest absolute Gasteiger partial charge is 0.420 e. The van der Waals surface area contributed by atoms with Crippen molar-refractivity contribution in [1.29, 1.82) is 0 Å². The SMILES string of the molecule is CCC(c1ccc(S(=O)(=O)NCC#CCN(C(=O)O)C(=O)OC(C)(C)C)cc1)[N+](=O)[O-]. The first-order valence-corrected chi connectivity index (χ1v) is 10.7. The fraction of sp³-hybridized carbons (Fsp3) is 0.474. The van der Waals surface area contributed by atoms with E-state index in [1.165, 1.54) is 24.3 Å². The van der Waals surface area contributed by atoms with Gasteiger partial charge in [-0.1, -0.05) is 30.9 Å². The minimum Gasteiger partial charge on any atom is -0.464 e. The van der Waals surface area contributed by atoms with Gasteiger partial charge in [0.25, 0.3) is 0 Å². The first-order valence-electron chi connectivity index (χ1n) is 9.20. The highest BCUT2D eigenvalue weighted by Crippen LogP contribution is 2.21. The van der Waals surface area contributed by atoms with Crippen LogP contribution in [-0.2, 0) is 14.8 Å². The number of hydrogen-bond acceptors (Lipinski definition) is 7. The predicted molar refractivity (Wildman–Crippen MR) is 110 cm³/mol. The fourth-order valence-corrected chi connectivity index (χ4v) is 3.24. The Labute approximate surface area is 180 Å². The van der Waals surface area contributed by atoms with E-state index in [-0.39, 0.29) is 17.9 Å². The molecule has 1 unspecified atom stereocenters. The standard InChI is InChI=1S/C19H25N3O8S/c1-5-16(22(26)27)14-8-10-15(11-9-14)31(28,29)20-12-6-7-13-21(17(23)24)18(25)30-19(2,3)4/h8-11,16,20H,5,12-13H2,1-4H3,(H,23,24). The Kier molecular flexibility index (Phi) is 8.96. The van der Waals surface area contributed by atoms with Crippen molar-refractivity contribution < 1.29 is 32.8 Å². The van der Waals surface area contributed by atoms with E-state index >= 15 is 0 Å². The molecule has 1 rings (SSSR count). The largest absolute Gasteiger partial charge is 0.464 e. The maximum Gasteiger partial charge on any atom is 0.420 e. The van der Waals surface area contributed by atoms with E-state index in [2.05, 4.69) is 16.6 Å². The minimum atomic E-state index is -3.93. The van der Waals surface area contributed by atoms with Crippen LogP contribution in [0.1, 0.15) is 45.7 Å². The molecule has 2 N–H and O–H groups in total. The lowest BCUT2D eigenvalue weighted by molar-refractivity contribution is -0.529. The van der Waals surface area contributed by atoms with Crippen LogP contribution in [0.2, 0.25) is 0 Å². The second kappa shape index (κ2) is 10.7. The van der Waals surface area contributed by atoms with Gasteiger partial charge in [0.15, 0.2) is 0 Å². The van der Waals surface area contributed by atoms with E-state index in [0.717, 1.165) is 0 Å². The summed E-state index contributed by atoms with van der Waals surface area (Å²) in [4.78, 5) is 33.9.